The molecule has 0 bridgehead atoms. The molecule has 1 N–H and O–H groups in total. The van der Waals surface area contributed by atoms with Crippen molar-refractivity contribution in [3.05, 3.63) is 60.3 Å². The van der Waals surface area contributed by atoms with Gasteiger partial charge in [-0.05, 0) is 23.8 Å². The summed E-state index contributed by atoms with van der Waals surface area (Å²) in [5.41, 5.74) is 2.04. The van der Waals surface area contributed by atoms with Crippen molar-refractivity contribution in [2.24, 2.45) is 0 Å². The van der Waals surface area contributed by atoms with Gasteiger partial charge in [-0.15, -0.1) is 0 Å². The van der Waals surface area contributed by atoms with E-state index in [1.165, 1.54) is 14.2 Å². The monoisotopic (exact) mass is 324 g/mol. The van der Waals surface area contributed by atoms with Gasteiger partial charge in [0.1, 0.15) is 0 Å². The van der Waals surface area contributed by atoms with Gasteiger partial charge in [-0.1, -0.05) is 35.5 Å². The standard InChI is InChI=1S/C18H16N2O4/c1-22-15-9-8-13(10-16(15)23-2)17(21)20-18-14(11-19-24-18)12-6-4-3-5-7-12/h3-11H,1-2H3,(H,20,21). The van der Waals surface area contributed by atoms with Crippen LogP contribution >= 0.6 is 0 Å². The predicted octanol–water partition coefficient (Wildman–Crippen LogP) is 3.61. The van der Waals surface area contributed by atoms with E-state index in [2.05, 4.69) is 10.5 Å². The Hall–Kier alpha value is -3.28. The number of nitrogens with zero attached hydrogens (tertiary/aromatic N) is 1. The first-order valence-corrected chi connectivity index (χ1v) is 7.26. The molecule has 0 unspecified atom stereocenters. The summed E-state index contributed by atoms with van der Waals surface area (Å²) in [7, 11) is 3.06. The maximum absolute atomic E-state index is 12.5. The zero-order valence-electron chi connectivity index (χ0n) is 13.3. The molecule has 6 heteroatoms. The fourth-order valence-corrected chi connectivity index (χ4v) is 2.31. The van der Waals surface area contributed by atoms with Crippen molar-refractivity contribution < 1.29 is 18.8 Å². The molecule has 0 aliphatic rings. The molecular formula is C18H16N2O4. The van der Waals surface area contributed by atoms with Gasteiger partial charge in [-0.2, -0.15) is 0 Å². The van der Waals surface area contributed by atoms with E-state index in [1.807, 2.05) is 30.3 Å². The highest BCUT2D eigenvalue weighted by molar-refractivity contribution is 6.05. The van der Waals surface area contributed by atoms with E-state index in [-0.39, 0.29) is 5.91 Å². The first-order chi connectivity index (χ1) is 11.7. The molecule has 0 aliphatic heterocycles. The number of aromatic nitrogens is 1. The molecule has 1 heterocycles. The van der Waals surface area contributed by atoms with Crippen LogP contribution in [-0.2, 0) is 0 Å². The van der Waals surface area contributed by atoms with Crippen LogP contribution in [0.25, 0.3) is 11.1 Å². The molecule has 3 rings (SSSR count). The topological polar surface area (TPSA) is 73.6 Å². The highest BCUT2D eigenvalue weighted by Crippen LogP contribution is 2.30. The van der Waals surface area contributed by atoms with E-state index in [0.29, 0.717) is 28.5 Å². The molecule has 1 amide bonds. The van der Waals surface area contributed by atoms with Crippen LogP contribution in [0.1, 0.15) is 10.4 Å². The van der Waals surface area contributed by atoms with E-state index in [4.69, 9.17) is 14.0 Å². The fourth-order valence-electron chi connectivity index (χ4n) is 2.31. The predicted molar refractivity (Wildman–Crippen MR) is 89.4 cm³/mol. The third kappa shape index (κ3) is 3.08. The summed E-state index contributed by atoms with van der Waals surface area (Å²) in [5.74, 6) is 0.996. The van der Waals surface area contributed by atoms with Crippen molar-refractivity contribution in [2.45, 2.75) is 0 Å². The maximum atomic E-state index is 12.5. The lowest BCUT2D eigenvalue weighted by molar-refractivity contribution is 0.102. The highest BCUT2D eigenvalue weighted by atomic mass is 16.5. The molecule has 24 heavy (non-hydrogen) atoms. The summed E-state index contributed by atoms with van der Waals surface area (Å²) in [6.45, 7) is 0. The molecular weight excluding hydrogens is 308 g/mol. The Morgan fingerprint density at radius 3 is 2.50 bits per heavy atom. The van der Waals surface area contributed by atoms with Gasteiger partial charge in [0.25, 0.3) is 5.91 Å². The molecule has 0 saturated carbocycles. The van der Waals surface area contributed by atoms with Crippen LogP contribution in [0.4, 0.5) is 5.88 Å². The summed E-state index contributed by atoms with van der Waals surface area (Å²) < 4.78 is 15.6. The second kappa shape index (κ2) is 6.87. The molecule has 6 nitrogen and oxygen atoms in total. The van der Waals surface area contributed by atoms with Crippen molar-refractivity contribution >= 4 is 11.8 Å². The van der Waals surface area contributed by atoms with Crippen molar-refractivity contribution in [1.29, 1.82) is 0 Å². The van der Waals surface area contributed by atoms with E-state index in [1.54, 1.807) is 24.4 Å². The first-order valence-electron chi connectivity index (χ1n) is 7.26. The first kappa shape index (κ1) is 15.6. The molecule has 2 aromatic carbocycles. The zero-order valence-corrected chi connectivity index (χ0v) is 13.3. The second-order valence-electron chi connectivity index (χ2n) is 4.96. The Morgan fingerprint density at radius 2 is 1.79 bits per heavy atom. The van der Waals surface area contributed by atoms with Gasteiger partial charge in [-0.25, -0.2) is 0 Å². The average molecular weight is 324 g/mol. The molecule has 122 valence electrons. The average Bonchev–Trinajstić information content (AvgIpc) is 3.09. The Bertz CT molecular complexity index is 843. The van der Waals surface area contributed by atoms with Gasteiger partial charge in [0.15, 0.2) is 11.5 Å². The minimum Gasteiger partial charge on any atom is -0.493 e. The molecule has 0 radical (unpaired) electrons. The fraction of sp³-hybridized carbons (Fsp3) is 0.111. The van der Waals surface area contributed by atoms with Gasteiger partial charge in [0, 0.05) is 5.56 Å². The number of benzene rings is 2. The zero-order chi connectivity index (χ0) is 16.9. The molecule has 0 fully saturated rings. The van der Waals surface area contributed by atoms with Gasteiger partial charge >= 0.3 is 0 Å². The van der Waals surface area contributed by atoms with Crippen molar-refractivity contribution in [3.8, 4) is 22.6 Å². The lowest BCUT2D eigenvalue weighted by atomic mass is 10.1. The minimum absolute atomic E-state index is 0.293. The van der Waals surface area contributed by atoms with Crippen LogP contribution in [0.15, 0.2) is 59.3 Å². The molecule has 3 aromatic rings. The smallest absolute Gasteiger partial charge is 0.258 e. The van der Waals surface area contributed by atoms with Crippen molar-refractivity contribution in [2.75, 3.05) is 19.5 Å². The van der Waals surface area contributed by atoms with E-state index in [9.17, 15) is 4.79 Å². The third-order valence-corrected chi connectivity index (χ3v) is 3.53. The summed E-state index contributed by atoms with van der Waals surface area (Å²) >= 11 is 0. The molecule has 0 saturated heterocycles. The number of nitrogens with one attached hydrogen (secondary N) is 1. The Morgan fingerprint density at radius 1 is 1.04 bits per heavy atom. The minimum atomic E-state index is -0.329. The van der Waals surface area contributed by atoms with E-state index < -0.39 is 0 Å². The molecule has 0 aliphatic carbocycles. The maximum Gasteiger partial charge on any atom is 0.258 e. The van der Waals surface area contributed by atoms with Crippen LogP contribution in [0, 0.1) is 0 Å². The summed E-state index contributed by atoms with van der Waals surface area (Å²) in [6, 6.07) is 14.5. The van der Waals surface area contributed by atoms with Gasteiger partial charge in [0.05, 0.1) is 26.0 Å². The van der Waals surface area contributed by atoms with Crippen LogP contribution < -0.4 is 14.8 Å². The van der Waals surface area contributed by atoms with Crippen LogP contribution in [0.3, 0.4) is 0 Å². The summed E-state index contributed by atoms with van der Waals surface area (Å²) in [4.78, 5) is 12.5. The van der Waals surface area contributed by atoms with Gasteiger partial charge in [-0.3, -0.25) is 10.1 Å². The Labute approximate surface area is 139 Å². The number of methoxy groups -OCH3 is 2. The normalized spacial score (nSPS) is 10.2. The number of carbonyl (C=O) groups excluding carboxylic acids is 1. The quantitative estimate of drug-likeness (QED) is 0.776. The molecule has 1 aromatic heterocycles. The number of rotatable bonds is 5. The van der Waals surface area contributed by atoms with Crippen LogP contribution in [-0.4, -0.2) is 25.3 Å². The van der Waals surface area contributed by atoms with Crippen LogP contribution in [0.5, 0.6) is 11.5 Å². The Balaban J connectivity index is 1.85. The number of hydrogen-bond donors (Lipinski definition) is 1. The highest BCUT2D eigenvalue weighted by Gasteiger charge is 2.16. The SMILES string of the molecule is COc1ccc(C(=O)Nc2oncc2-c2ccccc2)cc1OC. The lowest BCUT2D eigenvalue weighted by Gasteiger charge is -2.09. The largest absolute Gasteiger partial charge is 0.493 e. The number of hydrogen-bond acceptors (Lipinski definition) is 5. The van der Waals surface area contributed by atoms with Crippen molar-refractivity contribution in [1.82, 2.24) is 5.16 Å². The van der Waals surface area contributed by atoms with Crippen molar-refractivity contribution in [3.63, 3.8) is 0 Å². The van der Waals surface area contributed by atoms with Crippen LogP contribution in [0.2, 0.25) is 0 Å². The number of ether oxygens (including phenoxy) is 2. The van der Waals surface area contributed by atoms with Gasteiger partial charge < -0.3 is 14.0 Å². The van der Waals surface area contributed by atoms with E-state index in [0.717, 1.165) is 5.56 Å². The van der Waals surface area contributed by atoms with E-state index >= 15 is 0 Å². The number of amides is 1. The third-order valence-electron chi connectivity index (χ3n) is 3.53. The van der Waals surface area contributed by atoms with Gasteiger partial charge in [0.2, 0.25) is 5.88 Å². The summed E-state index contributed by atoms with van der Waals surface area (Å²) in [5, 5.41) is 6.50. The molecule has 0 atom stereocenters. The number of anilines is 1. The second-order valence-corrected chi connectivity index (χ2v) is 4.96. The number of carbonyl (C=O) groups is 1. The molecule has 0 spiro atoms. The lowest BCUT2D eigenvalue weighted by Crippen LogP contribution is -2.12. The Kier molecular flexibility index (Phi) is 4.47. The summed E-state index contributed by atoms with van der Waals surface area (Å²) in [6.07, 6.45) is 1.57.